The molecule has 8 nitrogen and oxygen atoms in total. The molecular weight excluding hydrogens is 458 g/mol. The summed E-state index contributed by atoms with van der Waals surface area (Å²) in [5.41, 5.74) is 13.4. The Bertz CT molecular complexity index is 901. The molecule has 0 heterocycles. The molecule has 7 N–H and O–H groups in total. The molecule has 1 fully saturated rings. The predicted octanol–water partition coefficient (Wildman–Crippen LogP) is 2.88. The summed E-state index contributed by atoms with van der Waals surface area (Å²) < 4.78 is 0. The Hall–Kier alpha value is -3.10. The molecule has 1 amide bonds. The van der Waals surface area contributed by atoms with Crippen LogP contribution in [0.2, 0.25) is 0 Å². The molecule has 3 rings (SSSR count). The molecule has 34 heavy (non-hydrogen) atoms. The zero-order chi connectivity index (χ0) is 24.2. The fraction of sp³-hybridized carbons (Fsp3) is 0.400. The van der Waals surface area contributed by atoms with Crippen LogP contribution < -0.4 is 16.8 Å². The van der Waals surface area contributed by atoms with Crippen molar-refractivity contribution in [2.24, 2.45) is 17.6 Å². The Balaban J connectivity index is 0.000000407. The summed E-state index contributed by atoms with van der Waals surface area (Å²) in [6, 6.07) is 15.3. The quantitative estimate of drug-likeness (QED) is 0.355. The van der Waals surface area contributed by atoms with E-state index in [0.717, 1.165) is 36.8 Å². The van der Waals surface area contributed by atoms with E-state index in [2.05, 4.69) is 5.32 Å². The highest BCUT2D eigenvalue weighted by Gasteiger charge is 2.29. The Labute approximate surface area is 206 Å². The highest BCUT2D eigenvalue weighted by molar-refractivity contribution is 5.85. The number of nitrogens with two attached hydrogens (primary N) is 2. The number of rotatable bonds is 8. The smallest absolute Gasteiger partial charge is 0.326 e. The van der Waals surface area contributed by atoms with Crippen LogP contribution in [-0.2, 0) is 27.2 Å². The number of nitrogen functional groups attached to an aromatic ring is 1. The second kappa shape index (κ2) is 14.9. The van der Waals surface area contributed by atoms with Crippen LogP contribution in [0, 0.1) is 11.8 Å². The number of anilines is 1. The van der Waals surface area contributed by atoms with Crippen molar-refractivity contribution in [2.45, 2.75) is 44.6 Å². The molecule has 2 aromatic carbocycles. The van der Waals surface area contributed by atoms with E-state index in [4.69, 9.17) is 16.6 Å². The SMILES string of the molecule is Cl.NCC1CCC(C(=O)NC(Cc2ccccc2)C(=O)O)CC1.Nc1ccc(CC(=O)O)cc1. The number of halogens is 1. The lowest BCUT2D eigenvalue weighted by atomic mass is 9.81. The third-order valence-electron chi connectivity index (χ3n) is 5.78. The summed E-state index contributed by atoms with van der Waals surface area (Å²) >= 11 is 0. The van der Waals surface area contributed by atoms with Gasteiger partial charge in [-0.25, -0.2) is 4.79 Å². The van der Waals surface area contributed by atoms with Gasteiger partial charge in [-0.15, -0.1) is 12.4 Å². The summed E-state index contributed by atoms with van der Waals surface area (Å²) in [5.74, 6) is -1.54. The minimum absolute atomic E-state index is 0. The number of benzene rings is 2. The van der Waals surface area contributed by atoms with Gasteiger partial charge in [-0.2, -0.15) is 0 Å². The molecule has 0 spiro atoms. The number of carboxylic acids is 2. The first-order valence-electron chi connectivity index (χ1n) is 11.1. The van der Waals surface area contributed by atoms with E-state index in [1.165, 1.54) is 0 Å². The number of nitrogens with one attached hydrogen (secondary N) is 1. The molecule has 1 atom stereocenters. The van der Waals surface area contributed by atoms with Crippen molar-refractivity contribution in [2.75, 3.05) is 12.3 Å². The lowest BCUT2D eigenvalue weighted by molar-refractivity contribution is -0.142. The van der Waals surface area contributed by atoms with Crippen LogP contribution in [0.15, 0.2) is 54.6 Å². The molecule has 0 aliphatic heterocycles. The fourth-order valence-electron chi connectivity index (χ4n) is 3.81. The summed E-state index contributed by atoms with van der Waals surface area (Å²) in [5, 5.41) is 20.4. The molecule has 0 bridgehead atoms. The topological polar surface area (TPSA) is 156 Å². The van der Waals surface area contributed by atoms with Crippen LogP contribution in [-0.4, -0.2) is 40.6 Å². The van der Waals surface area contributed by atoms with Crippen molar-refractivity contribution in [1.29, 1.82) is 0 Å². The van der Waals surface area contributed by atoms with Crippen molar-refractivity contribution < 1.29 is 24.6 Å². The number of carbonyl (C=O) groups excluding carboxylic acids is 1. The Kier molecular flexibility index (Phi) is 12.7. The van der Waals surface area contributed by atoms with Crippen molar-refractivity contribution in [1.82, 2.24) is 5.32 Å². The number of amides is 1. The third kappa shape index (κ3) is 10.2. The van der Waals surface area contributed by atoms with Gasteiger partial charge >= 0.3 is 11.9 Å². The summed E-state index contributed by atoms with van der Waals surface area (Å²) in [6.07, 6.45) is 3.85. The van der Waals surface area contributed by atoms with Gasteiger partial charge in [-0.3, -0.25) is 9.59 Å². The van der Waals surface area contributed by atoms with Crippen molar-refractivity contribution in [3.05, 3.63) is 65.7 Å². The first-order chi connectivity index (χ1) is 15.8. The van der Waals surface area contributed by atoms with Crippen LogP contribution >= 0.6 is 12.4 Å². The number of hydrogen-bond acceptors (Lipinski definition) is 5. The average Bonchev–Trinajstić information content (AvgIpc) is 2.81. The van der Waals surface area contributed by atoms with Crippen LogP contribution in [0.4, 0.5) is 5.69 Å². The third-order valence-corrected chi connectivity index (χ3v) is 5.78. The van der Waals surface area contributed by atoms with Gasteiger partial charge in [0.15, 0.2) is 0 Å². The average molecular weight is 492 g/mol. The minimum atomic E-state index is -0.993. The largest absolute Gasteiger partial charge is 0.481 e. The van der Waals surface area contributed by atoms with Crippen LogP contribution in [0.5, 0.6) is 0 Å². The van der Waals surface area contributed by atoms with Gasteiger partial charge in [-0.1, -0.05) is 42.5 Å². The monoisotopic (exact) mass is 491 g/mol. The van der Waals surface area contributed by atoms with Crippen LogP contribution in [0.1, 0.15) is 36.8 Å². The molecule has 1 aliphatic carbocycles. The molecule has 0 aromatic heterocycles. The maximum Gasteiger partial charge on any atom is 0.326 e. The van der Waals surface area contributed by atoms with E-state index >= 15 is 0 Å². The highest BCUT2D eigenvalue weighted by atomic mass is 35.5. The van der Waals surface area contributed by atoms with Gasteiger partial charge in [0.05, 0.1) is 6.42 Å². The molecular formula is C25H34ClN3O5. The van der Waals surface area contributed by atoms with Gasteiger partial charge in [0.25, 0.3) is 0 Å². The lowest BCUT2D eigenvalue weighted by Crippen LogP contribution is -2.45. The fourth-order valence-corrected chi connectivity index (χ4v) is 3.81. The number of carboxylic acid groups (broad SMARTS) is 2. The Morgan fingerprint density at radius 1 is 0.912 bits per heavy atom. The number of carbonyl (C=O) groups is 3. The van der Waals surface area contributed by atoms with Gasteiger partial charge in [0.1, 0.15) is 6.04 Å². The zero-order valence-electron chi connectivity index (χ0n) is 19.1. The van der Waals surface area contributed by atoms with E-state index in [-0.39, 0.29) is 30.7 Å². The minimum Gasteiger partial charge on any atom is -0.481 e. The maximum atomic E-state index is 12.3. The van der Waals surface area contributed by atoms with E-state index in [1.54, 1.807) is 24.3 Å². The van der Waals surface area contributed by atoms with Gasteiger partial charge in [0.2, 0.25) is 5.91 Å². The number of aliphatic carboxylic acids is 2. The van der Waals surface area contributed by atoms with Gasteiger partial charge < -0.3 is 27.0 Å². The second-order valence-corrected chi connectivity index (χ2v) is 8.35. The van der Waals surface area contributed by atoms with Crippen molar-refractivity contribution in [3.8, 4) is 0 Å². The Morgan fingerprint density at radius 2 is 1.50 bits per heavy atom. The first-order valence-corrected chi connectivity index (χ1v) is 11.1. The van der Waals surface area contributed by atoms with Gasteiger partial charge in [-0.05, 0) is 61.4 Å². The molecule has 0 saturated heterocycles. The normalized spacial score (nSPS) is 17.8. The molecule has 186 valence electrons. The van der Waals surface area contributed by atoms with E-state index in [0.29, 0.717) is 24.6 Å². The standard InChI is InChI=1S/C17H24N2O3.C8H9NO2.ClH/c18-11-13-6-8-14(9-7-13)16(20)19-15(17(21)22)10-12-4-2-1-3-5-12;9-7-3-1-6(2-4-7)5-8(10)11;/h1-5,13-15H,6-11,18H2,(H,19,20)(H,21,22);1-4H,5,9H2,(H,10,11);1H. The van der Waals surface area contributed by atoms with Crippen LogP contribution in [0.25, 0.3) is 0 Å². The molecule has 1 saturated carbocycles. The molecule has 2 aromatic rings. The van der Waals surface area contributed by atoms with Gasteiger partial charge in [0, 0.05) is 18.0 Å². The Morgan fingerprint density at radius 3 is 2.00 bits per heavy atom. The first kappa shape index (κ1) is 28.9. The molecule has 1 aliphatic rings. The number of hydrogen-bond donors (Lipinski definition) is 5. The summed E-state index contributed by atoms with van der Waals surface area (Å²) in [7, 11) is 0. The lowest BCUT2D eigenvalue weighted by Gasteiger charge is -2.27. The second-order valence-electron chi connectivity index (χ2n) is 8.35. The van der Waals surface area contributed by atoms with E-state index in [9.17, 15) is 19.5 Å². The molecule has 9 heteroatoms. The summed E-state index contributed by atoms with van der Waals surface area (Å²) in [6.45, 7) is 0.667. The van der Waals surface area contributed by atoms with Crippen molar-refractivity contribution in [3.63, 3.8) is 0 Å². The van der Waals surface area contributed by atoms with E-state index in [1.807, 2.05) is 30.3 Å². The highest BCUT2D eigenvalue weighted by Crippen LogP contribution is 2.28. The summed E-state index contributed by atoms with van der Waals surface area (Å²) in [4.78, 5) is 33.9. The van der Waals surface area contributed by atoms with Crippen LogP contribution in [0.3, 0.4) is 0 Å². The van der Waals surface area contributed by atoms with E-state index < -0.39 is 18.0 Å². The zero-order valence-corrected chi connectivity index (χ0v) is 19.9. The predicted molar refractivity (Wildman–Crippen MR) is 134 cm³/mol. The molecule has 1 unspecified atom stereocenters. The van der Waals surface area contributed by atoms with Crippen molar-refractivity contribution >= 4 is 35.9 Å². The molecule has 0 radical (unpaired) electrons. The maximum absolute atomic E-state index is 12.3.